The quantitative estimate of drug-likeness (QED) is 0.790. The normalized spacial score (nSPS) is 22.5. The minimum absolute atomic E-state index is 0.473. The zero-order valence-electron chi connectivity index (χ0n) is 8.45. The van der Waals surface area contributed by atoms with E-state index in [-0.39, 0.29) is 0 Å². The van der Waals surface area contributed by atoms with Gasteiger partial charge in [-0.05, 0) is 19.8 Å². The Balaban J connectivity index is 1.76. The van der Waals surface area contributed by atoms with Crippen molar-refractivity contribution < 1.29 is 9.26 Å². The highest BCUT2D eigenvalue weighted by Gasteiger charge is 2.13. The highest BCUT2D eigenvalue weighted by Crippen LogP contribution is 2.07. The Kier molecular flexibility index (Phi) is 3.16. The molecule has 0 aromatic carbocycles. The van der Waals surface area contributed by atoms with Crippen LogP contribution < -0.4 is 5.32 Å². The van der Waals surface area contributed by atoms with Gasteiger partial charge in [0.15, 0.2) is 0 Å². The summed E-state index contributed by atoms with van der Waals surface area (Å²) in [5.74, 6) is 0.863. The van der Waals surface area contributed by atoms with Gasteiger partial charge in [-0.3, -0.25) is 0 Å². The minimum Gasteiger partial charge on any atom is -0.380 e. The van der Waals surface area contributed by atoms with Crippen LogP contribution in [0, 0.1) is 6.92 Å². The van der Waals surface area contributed by atoms with E-state index in [2.05, 4.69) is 10.5 Å². The summed E-state index contributed by atoms with van der Waals surface area (Å²) in [5, 5.41) is 7.33. The van der Waals surface area contributed by atoms with Crippen LogP contribution in [0.25, 0.3) is 0 Å². The number of nitrogens with zero attached hydrogens (tertiary/aromatic N) is 1. The average Bonchev–Trinajstić information content (AvgIpc) is 2.63. The fourth-order valence-corrected chi connectivity index (χ4v) is 1.65. The van der Waals surface area contributed by atoms with E-state index >= 15 is 0 Å². The van der Waals surface area contributed by atoms with Gasteiger partial charge in [0.2, 0.25) is 0 Å². The van der Waals surface area contributed by atoms with Crippen LogP contribution in [0.5, 0.6) is 0 Å². The van der Waals surface area contributed by atoms with Crippen LogP contribution in [-0.2, 0) is 11.3 Å². The Morgan fingerprint density at radius 1 is 1.64 bits per heavy atom. The summed E-state index contributed by atoms with van der Waals surface area (Å²) in [4.78, 5) is 0. The molecule has 1 aliphatic heterocycles. The van der Waals surface area contributed by atoms with Crippen LogP contribution in [0.2, 0.25) is 0 Å². The van der Waals surface area contributed by atoms with Crippen molar-refractivity contribution in [2.45, 2.75) is 32.4 Å². The van der Waals surface area contributed by atoms with Crippen LogP contribution >= 0.6 is 0 Å². The summed E-state index contributed by atoms with van der Waals surface area (Å²) >= 11 is 0. The maximum absolute atomic E-state index is 5.37. The molecule has 1 atom stereocenters. The third-order valence-corrected chi connectivity index (χ3v) is 2.41. The molecule has 78 valence electrons. The Hall–Kier alpha value is -0.870. The van der Waals surface area contributed by atoms with Gasteiger partial charge in [-0.2, -0.15) is 0 Å². The first-order chi connectivity index (χ1) is 6.84. The molecule has 0 bridgehead atoms. The summed E-state index contributed by atoms with van der Waals surface area (Å²) in [6.45, 7) is 4.39. The number of nitrogens with one attached hydrogen (secondary N) is 1. The van der Waals surface area contributed by atoms with E-state index in [4.69, 9.17) is 9.26 Å². The van der Waals surface area contributed by atoms with Crippen molar-refractivity contribution in [2.75, 3.05) is 13.2 Å². The molecular weight excluding hydrogens is 180 g/mol. The largest absolute Gasteiger partial charge is 0.380 e. The smallest absolute Gasteiger partial charge is 0.133 e. The summed E-state index contributed by atoms with van der Waals surface area (Å²) in [6.07, 6.45) is 2.34. The van der Waals surface area contributed by atoms with Gasteiger partial charge in [0.25, 0.3) is 0 Å². The number of rotatable bonds is 3. The van der Waals surface area contributed by atoms with Crippen molar-refractivity contribution >= 4 is 0 Å². The van der Waals surface area contributed by atoms with Crippen LogP contribution in [0.4, 0.5) is 0 Å². The minimum atomic E-state index is 0.473. The van der Waals surface area contributed by atoms with Crippen LogP contribution in [0.3, 0.4) is 0 Å². The van der Waals surface area contributed by atoms with Crippen LogP contribution in [0.15, 0.2) is 10.6 Å². The summed E-state index contributed by atoms with van der Waals surface area (Å²) < 4.78 is 10.4. The van der Waals surface area contributed by atoms with Crippen LogP contribution in [-0.4, -0.2) is 24.4 Å². The summed E-state index contributed by atoms with van der Waals surface area (Å²) in [6, 6.07) is 2.43. The third kappa shape index (κ3) is 2.56. The van der Waals surface area contributed by atoms with Gasteiger partial charge >= 0.3 is 0 Å². The first kappa shape index (κ1) is 9.68. The molecule has 1 N–H and O–H groups in total. The summed E-state index contributed by atoms with van der Waals surface area (Å²) in [5.41, 5.74) is 0.966. The maximum atomic E-state index is 5.37. The molecule has 14 heavy (non-hydrogen) atoms. The fourth-order valence-electron chi connectivity index (χ4n) is 1.65. The standard InChI is InChI=1S/C10H16N2O2/c1-8-5-10(12-14-8)6-11-9-3-2-4-13-7-9/h5,9,11H,2-4,6-7H2,1H3. The van der Waals surface area contributed by atoms with E-state index in [1.807, 2.05) is 13.0 Å². The zero-order chi connectivity index (χ0) is 9.80. The lowest BCUT2D eigenvalue weighted by Gasteiger charge is -2.22. The maximum Gasteiger partial charge on any atom is 0.133 e. The lowest BCUT2D eigenvalue weighted by molar-refractivity contribution is 0.0697. The molecule has 1 aromatic rings. The Morgan fingerprint density at radius 2 is 2.57 bits per heavy atom. The molecule has 1 aromatic heterocycles. The molecule has 1 saturated heterocycles. The Labute approximate surface area is 83.6 Å². The van der Waals surface area contributed by atoms with Gasteiger partial charge < -0.3 is 14.6 Å². The fraction of sp³-hybridized carbons (Fsp3) is 0.700. The highest BCUT2D eigenvalue weighted by molar-refractivity contribution is 5.03. The van der Waals surface area contributed by atoms with Gasteiger partial charge in [0.1, 0.15) is 5.76 Å². The molecule has 1 fully saturated rings. The lowest BCUT2D eigenvalue weighted by Crippen LogP contribution is -2.36. The molecule has 2 heterocycles. The van der Waals surface area contributed by atoms with Crippen molar-refractivity contribution in [1.29, 1.82) is 0 Å². The molecule has 4 heteroatoms. The zero-order valence-corrected chi connectivity index (χ0v) is 8.45. The van der Waals surface area contributed by atoms with Crippen molar-refractivity contribution in [3.05, 3.63) is 17.5 Å². The molecule has 4 nitrogen and oxygen atoms in total. The van der Waals surface area contributed by atoms with E-state index in [0.717, 1.165) is 37.6 Å². The van der Waals surface area contributed by atoms with E-state index < -0.39 is 0 Å². The predicted octanol–water partition coefficient (Wildman–Crippen LogP) is 1.25. The van der Waals surface area contributed by atoms with E-state index in [1.165, 1.54) is 6.42 Å². The molecule has 0 spiro atoms. The first-order valence-corrected chi connectivity index (χ1v) is 5.08. The van der Waals surface area contributed by atoms with Crippen LogP contribution in [0.1, 0.15) is 24.3 Å². The monoisotopic (exact) mass is 196 g/mol. The Bertz CT molecular complexity index is 279. The number of hydrogen-bond acceptors (Lipinski definition) is 4. The topological polar surface area (TPSA) is 47.3 Å². The molecule has 0 amide bonds. The molecule has 2 rings (SSSR count). The number of aromatic nitrogens is 1. The SMILES string of the molecule is Cc1cc(CNC2CCCOC2)no1. The molecule has 0 radical (unpaired) electrons. The summed E-state index contributed by atoms with van der Waals surface area (Å²) in [7, 11) is 0. The molecule has 0 saturated carbocycles. The molecule has 1 unspecified atom stereocenters. The van der Waals surface area contributed by atoms with Gasteiger partial charge in [0.05, 0.1) is 12.3 Å². The van der Waals surface area contributed by atoms with Crippen molar-refractivity contribution in [3.63, 3.8) is 0 Å². The molecule has 0 aliphatic carbocycles. The van der Waals surface area contributed by atoms with Gasteiger partial charge in [-0.25, -0.2) is 0 Å². The van der Waals surface area contributed by atoms with Gasteiger partial charge in [0, 0.05) is 25.3 Å². The van der Waals surface area contributed by atoms with Crippen molar-refractivity contribution in [3.8, 4) is 0 Å². The van der Waals surface area contributed by atoms with Crippen molar-refractivity contribution in [1.82, 2.24) is 10.5 Å². The second-order valence-corrected chi connectivity index (χ2v) is 3.72. The first-order valence-electron chi connectivity index (χ1n) is 5.08. The number of hydrogen-bond donors (Lipinski definition) is 1. The second-order valence-electron chi connectivity index (χ2n) is 3.72. The van der Waals surface area contributed by atoms with Gasteiger partial charge in [-0.15, -0.1) is 0 Å². The molecular formula is C10H16N2O2. The average molecular weight is 196 g/mol. The predicted molar refractivity (Wildman–Crippen MR) is 51.9 cm³/mol. The highest BCUT2D eigenvalue weighted by atomic mass is 16.5. The number of aryl methyl sites for hydroxylation is 1. The lowest BCUT2D eigenvalue weighted by atomic mass is 10.1. The Morgan fingerprint density at radius 3 is 3.21 bits per heavy atom. The second kappa shape index (κ2) is 4.57. The van der Waals surface area contributed by atoms with E-state index in [9.17, 15) is 0 Å². The third-order valence-electron chi connectivity index (χ3n) is 2.41. The van der Waals surface area contributed by atoms with E-state index in [0.29, 0.717) is 6.04 Å². The van der Waals surface area contributed by atoms with Crippen molar-refractivity contribution in [2.24, 2.45) is 0 Å². The molecule has 1 aliphatic rings. The van der Waals surface area contributed by atoms with E-state index in [1.54, 1.807) is 0 Å². The number of ether oxygens (including phenoxy) is 1. The van der Waals surface area contributed by atoms with Gasteiger partial charge in [-0.1, -0.05) is 5.16 Å².